The molecule has 0 bridgehead atoms. The second-order valence-electron chi connectivity index (χ2n) is 4.23. The van der Waals surface area contributed by atoms with Crippen LogP contribution < -0.4 is 15.4 Å². The maximum atomic E-state index is 5.93. The van der Waals surface area contributed by atoms with E-state index < -0.39 is 0 Å². The van der Waals surface area contributed by atoms with Crippen molar-refractivity contribution in [2.24, 2.45) is 5.90 Å². The van der Waals surface area contributed by atoms with E-state index in [1.54, 1.807) is 7.11 Å². The van der Waals surface area contributed by atoms with E-state index in [0.29, 0.717) is 12.4 Å². The molecule has 1 fully saturated rings. The molecule has 2 rings (SSSR count). The Morgan fingerprint density at radius 2 is 2.06 bits per heavy atom. The van der Waals surface area contributed by atoms with Gasteiger partial charge in [0.25, 0.3) is 0 Å². The molecular weight excluding hydrogens is 234 g/mol. The molecule has 100 valence electrons. The van der Waals surface area contributed by atoms with Gasteiger partial charge in [0.15, 0.2) is 11.5 Å². The summed E-state index contributed by atoms with van der Waals surface area (Å²) < 4.78 is 16.6. The molecule has 0 aliphatic carbocycles. The molecule has 5 heteroatoms. The number of nitrogens with two attached hydrogens (primary N) is 1. The standard InChI is InChI=1S/C13H19NO4/c1-15-13-8-10(9-17-14)2-3-12(13)18-11-4-6-16-7-5-11/h2-3,8,11H,4-7,9,14H2,1H3. The third-order valence-corrected chi connectivity index (χ3v) is 2.94. The van der Waals surface area contributed by atoms with Crippen LogP contribution in [0.25, 0.3) is 0 Å². The highest BCUT2D eigenvalue weighted by molar-refractivity contribution is 5.43. The summed E-state index contributed by atoms with van der Waals surface area (Å²) in [5.41, 5.74) is 0.952. The SMILES string of the molecule is COc1cc(CON)ccc1OC1CCOCC1. The van der Waals surface area contributed by atoms with E-state index in [9.17, 15) is 0 Å². The molecule has 1 saturated heterocycles. The van der Waals surface area contributed by atoms with Gasteiger partial charge in [-0.15, -0.1) is 0 Å². The summed E-state index contributed by atoms with van der Waals surface area (Å²) in [5.74, 6) is 6.51. The van der Waals surface area contributed by atoms with Gasteiger partial charge in [-0.05, 0) is 17.7 Å². The molecule has 18 heavy (non-hydrogen) atoms. The molecule has 1 aliphatic heterocycles. The average Bonchev–Trinajstić information content (AvgIpc) is 2.42. The van der Waals surface area contributed by atoms with Gasteiger partial charge in [0.2, 0.25) is 0 Å². The van der Waals surface area contributed by atoms with Gasteiger partial charge in [-0.3, -0.25) is 4.84 Å². The van der Waals surface area contributed by atoms with E-state index in [-0.39, 0.29) is 6.10 Å². The molecule has 0 radical (unpaired) electrons. The molecule has 2 N–H and O–H groups in total. The Balaban J connectivity index is 2.06. The molecule has 0 amide bonds. The van der Waals surface area contributed by atoms with Crippen LogP contribution in [0.4, 0.5) is 0 Å². The van der Waals surface area contributed by atoms with Crippen LogP contribution in [-0.2, 0) is 16.2 Å². The first-order valence-electron chi connectivity index (χ1n) is 6.06. The summed E-state index contributed by atoms with van der Waals surface area (Å²) in [4.78, 5) is 4.60. The van der Waals surface area contributed by atoms with E-state index >= 15 is 0 Å². The number of benzene rings is 1. The fourth-order valence-corrected chi connectivity index (χ4v) is 1.97. The van der Waals surface area contributed by atoms with Crippen LogP contribution in [0.3, 0.4) is 0 Å². The maximum absolute atomic E-state index is 5.93. The van der Waals surface area contributed by atoms with Crippen molar-refractivity contribution in [3.05, 3.63) is 23.8 Å². The van der Waals surface area contributed by atoms with Crippen molar-refractivity contribution in [2.45, 2.75) is 25.6 Å². The molecule has 0 unspecified atom stereocenters. The highest BCUT2D eigenvalue weighted by atomic mass is 16.6. The molecule has 0 saturated carbocycles. The largest absolute Gasteiger partial charge is 0.493 e. The minimum atomic E-state index is 0.198. The van der Waals surface area contributed by atoms with E-state index in [1.807, 2.05) is 18.2 Å². The van der Waals surface area contributed by atoms with Crippen LogP contribution in [-0.4, -0.2) is 26.4 Å². The number of hydrogen-bond acceptors (Lipinski definition) is 5. The van der Waals surface area contributed by atoms with Crippen molar-refractivity contribution in [1.82, 2.24) is 0 Å². The van der Waals surface area contributed by atoms with Gasteiger partial charge in [-0.1, -0.05) is 6.07 Å². The minimum Gasteiger partial charge on any atom is -0.493 e. The summed E-state index contributed by atoms with van der Waals surface area (Å²) in [6.45, 7) is 1.87. The van der Waals surface area contributed by atoms with Crippen LogP contribution >= 0.6 is 0 Å². The lowest BCUT2D eigenvalue weighted by atomic mass is 10.1. The maximum Gasteiger partial charge on any atom is 0.161 e. The lowest BCUT2D eigenvalue weighted by Gasteiger charge is -2.24. The number of hydrogen-bond donors (Lipinski definition) is 1. The molecule has 1 aromatic carbocycles. The van der Waals surface area contributed by atoms with Gasteiger partial charge in [-0.25, -0.2) is 5.90 Å². The average molecular weight is 253 g/mol. The van der Waals surface area contributed by atoms with Gasteiger partial charge < -0.3 is 14.2 Å². The number of ether oxygens (including phenoxy) is 3. The predicted octanol–water partition coefficient (Wildman–Crippen LogP) is 1.64. The molecule has 5 nitrogen and oxygen atoms in total. The highest BCUT2D eigenvalue weighted by Crippen LogP contribution is 2.30. The minimum absolute atomic E-state index is 0.198. The van der Waals surface area contributed by atoms with E-state index in [1.165, 1.54) is 0 Å². The smallest absolute Gasteiger partial charge is 0.161 e. The summed E-state index contributed by atoms with van der Waals surface area (Å²) in [6.07, 6.45) is 2.03. The zero-order chi connectivity index (χ0) is 12.8. The normalized spacial score (nSPS) is 16.6. The van der Waals surface area contributed by atoms with Crippen molar-refractivity contribution < 1.29 is 19.0 Å². The van der Waals surface area contributed by atoms with Crippen molar-refractivity contribution in [2.75, 3.05) is 20.3 Å². The quantitative estimate of drug-likeness (QED) is 0.808. The summed E-state index contributed by atoms with van der Waals surface area (Å²) in [5, 5.41) is 0. The van der Waals surface area contributed by atoms with E-state index in [4.69, 9.17) is 20.1 Å². The summed E-state index contributed by atoms with van der Waals surface area (Å²) >= 11 is 0. The molecule has 1 aromatic rings. The topological polar surface area (TPSA) is 62.9 Å². The van der Waals surface area contributed by atoms with Crippen LogP contribution in [0.2, 0.25) is 0 Å². The monoisotopic (exact) mass is 253 g/mol. The highest BCUT2D eigenvalue weighted by Gasteiger charge is 2.17. The van der Waals surface area contributed by atoms with E-state index in [2.05, 4.69) is 4.84 Å². The Bertz CT molecular complexity index is 377. The molecule has 0 spiro atoms. The molecule has 0 aromatic heterocycles. The first-order chi connectivity index (χ1) is 8.83. The van der Waals surface area contributed by atoms with Crippen LogP contribution in [0.5, 0.6) is 11.5 Å². The third kappa shape index (κ3) is 3.35. The predicted molar refractivity (Wildman–Crippen MR) is 66.4 cm³/mol. The zero-order valence-corrected chi connectivity index (χ0v) is 10.6. The molecular formula is C13H19NO4. The van der Waals surface area contributed by atoms with Crippen LogP contribution in [0.1, 0.15) is 18.4 Å². The van der Waals surface area contributed by atoms with Crippen molar-refractivity contribution in [1.29, 1.82) is 0 Å². The van der Waals surface area contributed by atoms with Crippen molar-refractivity contribution in [3.63, 3.8) is 0 Å². The van der Waals surface area contributed by atoms with Gasteiger partial charge in [-0.2, -0.15) is 0 Å². The Morgan fingerprint density at radius 1 is 1.28 bits per heavy atom. The first-order valence-corrected chi connectivity index (χ1v) is 6.06. The molecule has 1 aliphatic rings. The molecule has 1 heterocycles. The Kier molecular flexibility index (Phi) is 4.81. The lowest BCUT2D eigenvalue weighted by Crippen LogP contribution is -2.26. The van der Waals surface area contributed by atoms with Gasteiger partial charge >= 0.3 is 0 Å². The second-order valence-corrected chi connectivity index (χ2v) is 4.23. The van der Waals surface area contributed by atoms with Crippen molar-refractivity contribution >= 4 is 0 Å². The van der Waals surface area contributed by atoms with E-state index in [0.717, 1.165) is 37.4 Å². The van der Waals surface area contributed by atoms with Gasteiger partial charge in [0, 0.05) is 12.8 Å². The Labute approximate surface area is 107 Å². The Hall–Kier alpha value is -1.30. The van der Waals surface area contributed by atoms with Gasteiger partial charge in [0.1, 0.15) is 6.10 Å². The summed E-state index contributed by atoms with van der Waals surface area (Å²) in [7, 11) is 1.62. The van der Waals surface area contributed by atoms with Crippen molar-refractivity contribution in [3.8, 4) is 11.5 Å². The fraction of sp³-hybridized carbons (Fsp3) is 0.538. The van der Waals surface area contributed by atoms with Crippen LogP contribution in [0, 0.1) is 0 Å². The van der Waals surface area contributed by atoms with Gasteiger partial charge in [0.05, 0.1) is 26.9 Å². The second kappa shape index (κ2) is 6.58. The third-order valence-electron chi connectivity index (χ3n) is 2.94. The number of methoxy groups -OCH3 is 1. The van der Waals surface area contributed by atoms with Crippen LogP contribution in [0.15, 0.2) is 18.2 Å². The first kappa shape index (κ1) is 13.1. The fourth-order valence-electron chi connectivity index (χ4n) is 1.97. The summed E-state index contributed by atoms with van der Waals surface area (Å²) in [6, 6.07) is 5.69. The number of rotatable bonds is 5. The Morgan fingerprint density at radius 3 is 2.72 bits per heavy atom. The molecule has 0 atom stereocenters. The zero-order valence-electron chi connectivity index (χ0n) is 10.6. The lowest BCUT2D eigenvalue weighted by molar-refractivity contribution is 0.0245.